The van der Waals surface area contributed by atoms with Gasteiger partial charge in [-0.2, -0.15) is 13.2 Å². The van der Waals surface area contributed by atoms with Crippen molar-refractivity contribution in [2.75, 3.05) is 11.1 Å². The summed E-state index contributed by atoms with van der Waals surface area (Å²) < 4.78 is 39.9. The van der Waals surface area contributed by atoms with Crippen molar-refractivity contribution in [2.24, 2.45) is 0 Å². The van der Waals surface area contributed by atoms with Gasteiger partial charge in [0.05, 0.1) is 11.3 Å². The SMILES string of the molecule is Cc1cccc(NC(=O)c2sc3nc(C)cc(C(F)(F)F)c3c2N)n1. The van der Waals surface area contributed by atoms with Gasteiger partial charge in [-0.3, -0.25) is 4.79 Å². The number of fused-ring (bicyclic) bond motifs is 1. The molecule has 0 aromatic carbocycles. The number of carbonyl (C=O) groups is 1. The number of nitrogens with two attached hydrogens (primary N) is 1. The number of hydrogen-bond acceptors (Lipinski definition) is 5. The molecular weight excluding hydrogens is 353 g/mol. The third-order valence-electron chi connectivity index (χ3n) is 3.47. The summed E-state index contributed by atoms with van der Waals surface area (Å²) in [5, 5.41) is 2.30. The molecule has 0 bridgehead atoms. The van der Waals surface area contributed by atoms with Crippen LogP contribution in [0.4, 0.5) is 24.7 Å². The van der Waals surface area contributed by atoms with Gasteiger partial charge in [0.1, 0.15) is 15.5 Å². The highest BCUT2D eigenvalue weighted by Gasteiger charge is 2.35. The zero-order valence-electron chi connectivity index (χ0n) is 13.2. The Morgan fingerprint density at radius 2 is 1.92 bits per heavy atom. The summed E-state index contributed by atoms with van der Waals surface area (Å²) in [6.45, 7) is 3.22. The van der Waals surface area contributed by atoms with Crippen LogP contribution in [-0.2, 0) is 6.18 Å². The molecule has 3 heterocycles. The molecule has 0 unspecified atom stereocenters. The summed E-state index contributed by atoms with van der Waals surface area (Å²) in [5.74, 6) is -0.327. The van der Waals surface area contributed by atoms with Crippen molar-refractivity contribution in [3.05, 3.63) is 46.1 Å². The standard InChI is InChI=1S/C16H13F3N4OS/c1-7-4-3-5-10(21-7)23-14(24)13-12(20)11-9(16(17,18)19)6-8(2)22-15(11)25-13/h3-6H,20H2,1-2H3,(H,21,23,24). The molecule has 0 aliphatic carbocycles. The van der Waals surface area contributed by atoms with Crippen LogP contribution in [0.1, 0.15) is 26.6 Å². The maximum Gasteiger partial charge on any atom is 0.417 e. The van der Waals surface area contributed by atoms with Gasteiger partial charge in [-0.05, 0) is 32.0 Å². The fourth-order valence-corrected chi connectivity index (χ4v) is 3.48. The Morgan fingerprint density at radius 1 is 1.20 bits per heavy atom. The van der Waals surface area contributed by atoms with E-state index in [9.17, 15) is 18.0 Å². The van der Waals surface area contributed by atoms with Crippen LogP contribution >= 0.6 is 11.3 Å². The minimum Gasteiger partial charge on any atom is -0.397 e. The van der Waals surface area contributed by atoms with E-state index in [-0.39, 0.29) is 26.5 Å². The van der Waals surface area contributed by atoms with Crippen LogP contribution in [0, 0.1) is 13.8 Å². The summed E-state index contributed by atoms with van der Waals surface area (Å²) in [7, 11) is 0. The molecule has 0 saturated carbocycles. The Bertz CT molecular complexity index is 981. The molecule has 3 rings (SSSR count). The molecule has 0 atom stereocenters. The van der Waals surface area contributed by atoms with Gasteiger partial charge in [0.2, 0.25) is 0 Å². The Morgan fingerprint density at radius 3 is 2.56 bits per heavy atom. The minimum absolute atomic E-state index is 0.0260. The molecule has 3 N–H and O–H groups in total. The van der Waals surface area contributed by atoms with E-state index in [1.54, 1.807) is 25.1 Å². The van der Waals surface area contributed by atoms with Gasteiger partial charge in [0.15, 0.2) is 0 Å². The monoisotopic (exact) mass is 366 g/mol. The maximum atomic E-state index is 13.3. The summed E-state index contributed by atoms with van der Waals surface area (Å²) in [5.41, 5.74) is 5.63. The topological polar surface area (TPSA) is 80.9 Å². The lowest BCUT2D eigenvalue weighted by molar-refractivity contribution is -0.136. The third kappa shape index (κ3) is 3.27. The number of aryl methyl sites for hydroxylation is 2. The second-order valence-electron chi connectivity index (χ2n) is 5.45. The average Bonchev–Trinajstić information content (AvgIpc) is 2.82. The minimum atomic E-state index is -4.59. The highest BCUT2D eigenvalue weighted by molar-refractivity contribution is 7.21. The van der Waals surface area contributed by atoms with Crippen molar-refractivity contribution in [1.82, 2.24) is 9.97 Å². The summed E-state index contributed by atoms with van der Waals surface area (Å²) >= 11 is 0.824. The molecule has 1 amide bonds. The first kappa shape index (κ1) is 17.2. The van der Waals surface area contributed by atoms with E-state index < -0.39 is 17.6 Å². The molecule has 0 aliphatic heterocycles. The highest BCUT2D eigenvalue weighted by atomic mass is 32.1. The predicted octanol–water partition coefficient (Wildman–Crippen LogP) is 4.16. The van der Waals surface area contributed by atoms with Crippen molar-refractivity contribution in [1.29, 1.82) is 0 Å². The predicted molar refractivity (Wildman–Crippen MR) is 90.7 cm³/mol. The van der Waals surface area contributed by atoms with Crippen molar-refractivity contribution in [3.63, 3.8) is 0 Å². The Hall–Kier alpha value is -2.68. The van der Waals surface area contributed by atoms with E-state index in [2.05, 4.69) is 15.3 Å². The largest absolute Gasteiger partial charge is 0.417 e. The number of nitrogen functional groups attached to an aromatic ring is 1. The molecule has 0 radical (unpaired) electrons. The van der Waals surface area contributed by atoms with Gasteiger partial charge < -0.3 is 11.1 Å². The Labute approximate surface area is 144 Å². The second kappa shape index (κ2) is 5.99. The van der Waals surface area contributed by atoms with E-state index >= 15 is 0 Å². The first-order chi connectivity index (χ1) is 11.7. The smallest absolute Gasteiger partial charge is 0.397 e. The lowest BCUT2D eigenvalue weighted by atomic mass is 10.1. The van der Waals surface area contributed by atoms with E-state index in [1.165, 1.54) is 6.92 Å². The normalized spacial score (nSPS) is 11.7. The number of carbonyl (C=O) groups excluding carboxylic acids is 1. The number of amides is 1. The number of anilines is 2. The highest BCUT2D eigenvalue weighted by Crippen LogP contribution is 2.42. The molecule has 5 nitrogen and oxygen atoms in total. The quantitative estimate of drug-likeness (QED) is 0.714. The molecular formula is C16H13F3N4OS. The summed E-state index contributed by atoms with van der Waals surface area (Å²) in [6.07, 6.45) is -4.59. The Balaban J connectivity index is 2.08. The van der Waals surface area contributed by atoms with Gasteiger partial charge >= 0.3 is 6.18 Å². The average molecular weight is 366 g/mol. The van der Waals surface area contributed by atoms with Crippen LogP contribution in [0.3, 0.4) is 0 Å². The second-order valence-corrected chi connectivity index (χ2v) is 6.45. The van der Waals surface area contributed by atoms with Crippen molar-refractivity contribution >= 4 is 39.0 Å². The number of aromatic nitrogens is 2. The van der Waals surface area contributed by atoms with E-state index in [0.29, 0.717) is 11.5 Å². The van der Waals surface area contributed by atoms with Crippen LogP contribution in [0.5, 0.6) is 0 Å². The first-order valence-electron chi connectivity index (χ1n) is 7.18. The summed E-state index contributed by atoms with van der Waals surface area (Å²) in [6, 6.07) is 5.97. The van der Waals surface area contributed by atoms with Crippen LogP contribution in [-0.4, -0.2) is 15.9 Å². The number of alkyl halides is 3. The van der Waals surface area contributed by atoms with Crippen molar-refractivity contribution in [3.8, 4) is 0 Å². The Kier molecular flexibility index (Phi) is 4.11. The molecule has 9 heteroatoms. The molecule has 0 aliphatic rings. The number of nitrogens with one attached hydrogen (secondary N) is 1. The zero-order chi connectivity index (χ0) is 18.4. The van der Waals surface area contributed by atoms with Crippen LogP contribution in [0.15, 0.2) is 24.3 Å². The number of nitrogens with zero attached hydrogens (tertiary/aromatic N) is 2. The van der Waals surface area contributed by atoms with E-state index in [0.717, 1.165) is 17.4 Å². The fraction of sp³-hybridized carbons (Fsp3) is 0.188. The molecule has 25 heavy (non-hydrogen) atoms. The van der Waals surface area contributed by atoms with Crippen molar-refractivity contribution in [2.45, 2.75) is 20.0 Å². The zero-order valence-corrected chi connectivity index (χ0v) is 14.0. The van der Waals surface area contributed by atoms with Gasteiger partial charge in [0.25, 0.3) is 5.91 Å². The molecule has 0 saturated heterocycles. The van der Waals surface area contributed by atoms with E-state index in [1.807, 2.05) is 0 Å². The number of pyridine rings is 2. The van der Waals surface area contributed by atoms with Crippen LogP contribution in [0.25, 0.3) is 10.2 Å². The molecule has 0 spiro atoms. The molecule has 130 valence electrons. The van der Waals surface area contributed by atoms with E-state index in [4.69, 9.17) is 5.73 Å². The van der Waals surface area contributed by atoms with Gasteiger partial charge in [-0.1, -0.05) is 6.07 Å². The molecule has 0 fully saturated rings. The van der Waals surface area contributed by atoms with Gasteiger partial charge in [-0.25, -0.2) is 9.97 Å². The molecule has 3 aromatic rings. The van der Waals surface area contributed by atoms with Crippen LogP contribution < -0.4 is 11.1 Å². The molecule has 3 aromatic heterocycles. The third-order valence-corrected chi connectivity index (χ3v) is 4.57. The fourth-order valence-electron chi connectivity index (χ4n) is 2.42. The lowest BCUT2D eigenvalue weighted by Gasteiger charge is -2.09. The summed E-state index contributed by atoms with van der Waals surface area (Å²) in [4.78, 5) is 20.7. The number of halogens is 3. The van der Waals surface area contributed by atoms with Gasteiger partial charge in [0, 0.05) is 16.8 Å². The number of hydrogen-bond donors (Lipinski definition) is 2. The maximum absolute atomic E-state index is 13.3. The lowest BCUT2D eigenvalue weighted by Crippen LogP contribution is -2.13. The number of thiophene rings is 1. The first-order valence-corrected chi connectivity index (χ1v) is 8.00. The number of rotatable bonds is 2. The van der Waals surface area contributed by atoms with Crippen LogP contribution in [0.2, 0.25) is 0 Å². The van der Waals surface area contributed by atoms with Gasteiger partial charge in [-0.15, -0.1) is 11.3 Å². The van der Waals surface area contributed by atoms with Crippen molar-refractivity contribution < 1.29 is 18.0 Å².